The molecular formula is C19H18ClNOS. The zero-order valence-corrected chi connectivity index (χ0v) is 14.9. The second-order valence-corrected chi connectivity index (χ2v) is 7.32. The minimum absolute atomic E-state index is 0.146. The van der Waals surface area contributed by atoms with Gasteiger partial charge in [0.25, 0.3) is 5.91 Å². The second-order valence-electron chi connectivity index (χ2n) is 5.89. The summed E-state index contributed by atoms with van der Waals surface area (Å²) in [6.45, 7) is 6.25. The number of halogens is 1. The largest absolute Gasteiger partial charge is 0.321 e. The van der Waals surface area contributed by atoms with Crippen molar-refractivity contribution in [1.29, 1.82) is 0 Å². The van der Waals surface area contributed by atoms with Gasteiger partial charge in [0, 0.05) is 15.8 Å². The molecule has 23 heavy (non-hydrogen) atoms. The summed E-state index contributed by atoms with van der Waals surface area (Å²) in [6, 6.07) is 13.9. The molecule has 3 aromatic rings. The molecule has 3 rings (SSSR count). The van der Waals surface area contributed by atoms with Gasteiger partial charge in [0.1, 0.15) is 4.88 Å². The van der Waals surface area contributed by atoms with Crippen molar-refractivity contribution >= 4 is 44.6 Å². The molecule has 1 heterocycles. The molecule has 2 aromatic carbocycles. The number of anilines is 1. The van der Waals surface area contributed by atoms with Crippen molar-refractivity contribution in [3.8, 4) is 0 Å². The van der Waals surface area contributed by atoms with E-state index in [0.717, 1.165) is 26.9 Å². The first kappa shape index (κ1) is 16.0. The van der Waals surface area contributed by atoms with E-state index in [1.807, 2.05) is 43.3 Å². The number of carbonyl (C=O) groups is 1. The van der Waals surface area contributed by atoms with Gasteiger partial charge in [0.15, 0.2) is 0 Å². The lowest BCUT2D eigenvalue weighted by molar-refractivity contribution is 0.103. The number of amides is 1. The summed E-state index contributed by atoms with van der Waals surface area (Å²) < 4.78 is 1.02. The summed E-state index contributed by atoms with van der Waals surface area (Å²) >= 11 is 7.84. The van der Waals surface area contributed by atoms with E-state index in [0.29, 0.717) is 15.8 Å². The van der Waals surface area contributed by atoms with Crippen molar-refractivity contribution in [3.05, 3.63) is 63.5 Å². The lowest BCUT2D eigenvalue weighted by Crippen LogP contribution is -2.14. The number of carbonyl (C=O) groups excluding carboxylic acids is 1. The molecule has 0 unspecified atom stereocenters. The molecule has 0 aliphatic heterocycles. The highest BCUT2D eigenvalue weighted by molar-refractivity contribution is 7.21. The summed E-state index contributed by atoms with van der Waals surface area (Å²) in [5.74, 6) is 0.190. The van der Waals surface area contributed by atoms with Crippen LogP contribution in [0.2, 0.25) is 5.02 Å². The third-order valence-electron chi connectivity index (χ3n) is 3.91. The first-order valence-electron chi connectivity index (χ1n) is 7.57. The third-order valence-corrected chi connectivity index (χ3v) is 5.58. The topological polar surface area (TPSA) is 29.1 Å². The molecule has 1 amide bonds. The Morgan fingerprint density at radius 3 is 2.57 bits per heavy atom. The van der Waals surface area contributed by atoms with Crippen LogP contribution in [0.4, 0.5) is 5.69 Å². The molecular weight excluding hydrogens is 326 g/mol. The fraction of sp³-hybridized carbons (Fsp3) is 0.211. The van der Waals surface area contributed by atoms with Crippen LogP contribution in [0.15, 0.2) is 42.5 Å². The highest BCUT2D eigenvalue weighted by Crippen LogP contribution is 2.36. The Hall–Kier alpha value is -1.84. The number of hydrogen-bond donors (Lipinski definition) is 1. The fourth-order valence-electron chi connectivity index (χ4n) is 2.67. The normalized spacial score (nSPS) is 11.2. The molecule has 0 bridgehead atoms. The van der Waals surface area contributed by atoms with Gasteiger partial charge in [-0.2, -0.15) is 0 Å². The Morgan fingerprint density at radius 2 is 1.87 bits per heavy atom. The van der Waals surface area contributed by atoms with E-state index in [1.54, 1.807) is 0 Å². The molecule has 0 spiro atoms. The van der Waals surface area contributed by atoms with Crippen LogP contribution in [0.1, 0.15) is 40.6 Å². The van der Waals surface area contributed by atoms with Crippen molar-refractivity contribution in [1.82, 2.24) is 0 Å². The van der Waals surface area contributed by atoms with Gasteiger partial charge < -0.3 is 5.32 Å². The van der Waals surface area contributed by atoms with E-state index in [2.05, 4.69) is 25.2 Å². The van der Waals surface area contributed by atoms with Crippen LogP contribution in [0.5, 0.6) is 0 Å². The molecule has 0 saturated carbocycles. The molecule has 2 nitrogen and oxygen atoms in total. The first-order valence-corrected chi connectivity index (χ1v) is 8.76. The van der Waals surface area contributed by atoms with E-state index in [-0.39, 0.29) is 5.91 Å². The molecule has 0 aliphatic carbocycles. The zero-order chi connectivity index (χ0) is 16.6. The number of hydrogen-bond acceptors (Lipinski definition) is 2. The van der Waals surface area contributed by atoms with Crippen molar-refractivity contribution in [2.75, 3.05) is 5.32 Å². The number of para-hydroxylation sites is 1. The van der Waals surface area contributed by atoms with E-state index in [9.17, 15) is 4.79 Å². The Morgan fingerprint density at radius 1 is 1.13 bits per heavy atom. The maximum absolute atomic E-state index is 12.7. The summed E-state index contributed by atoms with van der Waals surface area (Å²) in [4.78, 5) is 13.3. The molecule has 0 aliphatic rings. The van der Waals surface area contributed by atoms with E-state index in [4.69, 9.17) is 11.6 Å². The molecule has 1 N–H and O–H groups in total. The molecule has 4 heteroatoms. The standard InChI is InChI=1S/C19H18ClNOS/c1-11(2)13-9-6-7-12(3)17(13)21-19(22)18-16(20)14-8-4-5-10-15(14)23-18/h4-11H,1-3H3,(H,21,22). The predicted molar refractivity (Wildman–Crippen MR) is 100 cm³/mol. The van der Waals surface area contributed by atoms with Crippen LogP contribution in [0.25, 0.3) is 10.1 Å². The van der Waals surface area contributed by atoms with E-state index >= 15 is 0 Å². The Balaban J connectivity index is 2.00. The fourth-order valence-corrected chi connectivity index (χ4v) is 4.08. The van der Waals surface area contributed by atoms with Crippen LogP contribution in [-0.4, -0.2) is 5.91 Å². The van der Waals surface area contributed by atoms with Gasteiger partial charge in [0.05, 0.1) is 5.02 Å². The van der Waals surface area contributed by atoms with Crippen molar-refractivity contribution in [3.63, 3.8) is 0 Å². The van der Waals surface area contributed by atoms with Gasteiger partial charge in [-0.05, 0) is 30.0 Å². The van der Waals surface area contributed by atoms with Gasteiger partial charge in [-0.3, -0.25) is 4.79 Å². The van der Waals surface area contributed by atoms with Gasteiger partial charge in [-0.1, -0.05) is 61.8 Å². The first-order chi connectivity index (χ1) is 11.0. The number of aryl methyl sites for hydroxylation is 1. The smallest absolute Gasteiger partial charge is 0.267 e. The minimum atomic E-state index is -0.146. The number of nitrogens with one attached hydrogen (secondary N) is 1. The SMILES string of the molecule is Cc1cccc(C(C)C)c1NC(=O)c1sc2ccccc2c1Cl. The summed E-state index contributed by atoms with van der Waals surface area (Å²) in [7, 11) is 0. The zero-order valence-electron chi connectivity index (χ0n) is 13.3. The van der Waals surface area contributed by atoms with Crippen LogP contribution < -0.4 is 5.32 Å². The van der Waals surface area contributed by atoms with Crippen LogP contribution >= 0.6 is 22.9 Å². The average Bonchev–Trinajstić information content (AvgIpc) is 2.86. The summed E-state index contributed by atoms with van der Waals surface area (Å²) in [5.41, 5.74) is 3.08. The quantitative estimate of drug-likeness (QED) is 0.599. The number of rotatable bonds is 3. The lowest BCUT2D eigenvalue weighted by Gasteiger charge is -2.16. The number of fused-ring (bicyclic) bond motifs is 1. The van der Waals surface area contributed by atoms with Gasteiger partial charge in [-0.25, -0.2) is 0 Å². The van der Waals surface area contributed by atoms with E-state index < -0.39 is 0 Å². The van der Waals surface area contributed by atoms with Gasteiger partial charge >= 0.3 is 0 Å². The van der Waals surface area contributed by atoms with Gasteiger partial charge in [-0.15, -0.1) is 11.3 Å². The van der Waals surface area contributed by atoms with Crippen molar-refractivity contribution in [2.24, 2.45) is 0 Å². The second kappa shape index (κ2) is 6.34. The van der Waals surface area contributed by atoms with Crippen molar-refractivity contribution < 1.29 is 4.79 Å². The molecule has 0 saturated heterocycles. The maximum atomic E-state index is 12.7. The molecule has 118 valence electrons. The van der Waals surface area contributed by atoms with Crippen LogP contribution in [0, 0.1) is 6.92 Å². The molecule has 0 atom stereocenters. The Kier molecular flexibility index (Phi) is 4.42. The lowest BCUT2D eigenvalue weighted by atomic mass is 9.98. The third kappa shape index (κ3) is 2.99. The number of thiophene rings is 1. The monoisotopic (exact) mass is 343 g/mol. The average molecular weight is 344 g/mol. The van der Waals surface area contributed by atoms with Crippen LogP contribution in [-0.2, 0) is 0 Å². The van der Waals surface area contributed by atoms with E-state index in [1.165, 1.54) is 11.3 Å². The Bertz CT molecular complexity index is 882. The molecule has 1 aromatic heterocycles. The number of benzene rings is 2. The van der Waals surface area contributed by atoms with Gasteiger partial charge in [0.2, 0.25) is 0 Å². The minimum Gasteiger partial charge on any atom is -0.321 e. The maximum Gasteiger partial charge on any atom is 0.267 e. The highest BCUT2D eigenvalue weighted by Gasteiger charge is 2.19. The summed E-state index contributed by atoms with van der Waals surface area (Å²) in [6.07, 6.45) is 0. The highest BCUT2D eigenvalue weighted by atomic mass is 35.5. The summed E-state index contributed by atoms with van der Waals surface area (Å²) in [5, 5.41) is 4.52. The molecule has 0 radical (unpaired) electrons. The van der Waals surface area contributed by atoms with Crippen LogP contribution in [0.3, 0.4) is 0 Å². The van der Waals surface area contributed by atoms with Crippen molar-refractivity contribution in [2.45, 2.75) is 26.7 Å². The Labute approximate surface area is 145 Å². The predicted octanol–water partition coefficient (Wildman–Crippen LogP) is 6.24. The molecule has 0 fully saturated rings.